The van der Waals surface area contributed by atoms with E-state index in [1.54, 1.807) is 0 Å². The van der Waals surface area contributed by atoms with Crippen LogP contribution in [-0.2, 0) is 0 Å². The van der Waals surface area contributed by atoms with Gasteiger partial charge in [-0.1, -0.05) is 13.8 Å². The predicted molar refractivity (Wildman–Crippen MR) is 79.6 cm³/mol. The Labute approximate surface area is 116 Å². The van der Waals surface area contributed by atoms with Crippen LogP contribution >= 0.6 is 0 Å². The molecule has 0 spiro atoms. The normalized spacial score (nSPS) is 27.3. The molecule has 3 heteroatoms. The van der Waals surface area contributed by atoms with Crippen LogP contribution in [0.25, 0.3) is 0 Å². The number of nitrogens with one attached hydrogen (secondary N) is 1. The number of aromatic nitrogens is 1. The lowest BCUT2D eigenvalue weighted by Gasteiger charge is -2.33. The van der Waals surface area contributed by atoms with Crippen LogP contribution < -0.4 is 10.1 Å². The lowest BCUT2D eigenvalue weighted by molar-refractivity contribution is 0.240. The summed E-state index contributed by atoms with van der Waals surface area (Å²) >= 11 is 0. The van der Waals surface area contributed by atoms with Crippen LogP contribution in [0.4, 0.5) is 5.82 Å². The van der Waals surface area contributed by atoms with E-state index < -0.39 is 0 Å². The van der Waals surface area contributed by atoms with Gasteiger partial charge in [-0.05, 0) is 57.1 Å². The second-order valence-electron chi connectivity index (χ2n) is 6.13. The van der Waals surface area contributed by atoms with E-state index in [9.17, 15) is 0 Å². The Balaban J connectivity index is 2.02. The Morgan fingerprint density at radius 2 is 2.05 bits per heavy atom. The highest BCUT2D eigenvalue weighted by Crippen LogP contribution is 2.32. The summed E-state index contributed by atoms with van der Waals surface area (Å²) in [6.07, 6.45) is 5.74. The van der Waals surface area contributed by atoms with Gasteiger partial charge in [-0.2, -0.15) is 0 Å². The molecule has 0 bridgehead atoms. The van der Waals surface area contributed by atoms with E-state index in [0.717, 1.165) is 23.4 Å². The molecule has 1 aromatic rings. The molecule has 0 radical (unpaired) electrons. The zero-order valence-electron chi connectivity index (χ0n) is 12.5. The van der Waals surface area contributed by atoms with E-state index in [1.165, 1.54) is 19.3 Å². The molecular formula is C16H26N2O. The van der Waals surface area contributed by atoms with Gasteiger partial charge in [0.05, 0.1) is 6.10 Å². The molecule has 1 saturated carbocycles. The van der Waals surface area contributed by atoms with Gasteiger partial charge in [-0.3, -0.25) is 0 Å². The quantitative estimate of drug-likeness (QED) is 0.886. The second kappa shape index (κ2) is 6.27. The van der Waals surface area contributed by atoms with E-state index >= 15 is 0 Å². The van der Waals surface area contributed by atoms with Crippen LogP contribution in [0.2, 0.25) is 0 Å². The Hall–Kier alpha value is -1.25. The third-order valence-electron chi connectivity index (χ3n) is 4.07. The monoisotopic (exact) mass is 262 g/mol. The van der Waals surface area contributed by atoms with Gasteiger partial charge in [0.2, 0.25) is 0 Å². The van der Waals surface area contributed by atoms with Crippen LogP contribution in [0.5, 0.6) is 5.75 Å². The maximum Gasteiger partial charge on any atom is 0.168 e. The average molecular weight is 262 g/mol. The standard InChI is InChI=1S/C16H26N2O/c1-11(2)19-15-6-5-9-17-16(15)18-14-8-7-12(3)13(4)10-14/h5-6,9,11-14H,7-8,10H2,1-4H3,(H,17,18). The summed E-state index contributed by atoms with van der Waals surface area (Å²) in [6, 6.07) is 4.44. The van der Waals surface area contributed by atoms with E-state index in [2.05, 4.69) is 24.1 Å². The highest BCUT2D eigenvalue weighted by atomic mass is 16.5. The minimum Gasteiger partial charge on any atom is -0.487 e. The second-order valence-corrected chi connectivity index (χ2v) is 6.13. The van der Waals surface area contributed by atoms with Crippen molar-refractivity contribution < 1.29 is 4.74 Å². The van der Waals surface area contributed by atoms with Crippen molar-refractivity contribution in [2.24, 2.45) is 11.8 Å². The topological polar surface area (TPSA) is 34.1 Å². The van der Waals surface area contributed by atoms with Crippen molar-refractivity contribution in [1.82, 2.24) is 4.98 Å². The first-order chi connectivity index (χ1) is 9.06. The van der Waals surface area contributed by atoms with Gasteiger partial charge < -0.3 is 10.1 Å². The van der Waals surface area contributed by atoms with Crippen molar-refractivity contribution in [2.75, 3.05) is 5.32 Å². The van der Waals surface area contributed by atoms with E-state index in [0.29, 0.717) is 6.04 Å². The van der Waals surface area contributed by atoms with Crippen LogP contribution in [-0.4, -0.2) is 17.1 Å². The van der Waals surface area contributed by atoms with Gasteiger partial charge in [0.25, 0.3) is 0 Å². The first-order valence-corrected chi connectivity index (χ1v) is 7.44. The van der Waals surface area contributed by atoms with Crippen molar-refractivity contribution >= 4 is 5.82 Å². The Morgan fingerprint density at radius 3 is 2.74 bits per heavy atom. The zero-order valence-corrected chi connectivity index (χ0v) is 12.5. The van der Waals surface area contributed by atoms with Crippen molar-refractivity contribution in [1.29, 1.82) is 0 Å². The third kappa shape index (κ3) is 3.85. The van der Waals surface area contributed by atoms with Crippen molar-refractivity contribution in [3.63, 3.8) is 0 Å². The van der Waals surface area contributed by atoms with Crippen molar-refractivity contribution in [3.05, 3.63) is 18.3 Å². The summed E-state index contributed by atoms with van der Waals surface area (Å²) < 4.78 is 5.81. The van der Waals surface area contributed by atoms with Crippen LogP contribution in [0.15, 0.2) is 18.3 Å². The van der Waals surface area contributed by atoms with Gasteiger partial charge in [0.15, 0.2) is 11.6 Å². The van der Waals surface area contributed by atoms with Crippen LogP contribution in [0.3, 0.4) is 0 Å². The largest absolute Gasteiger partial charge is 0.487 e. The minimum atomic E-state index is 0.176. The molecule has 1 fully saturated rings. The number of nitrogens with zero attached hydrogens (tertiary/aromatic N) is 1. The lowest BCUT2D eigenvalue weighted by Crippen LogP contribution is -2.30. The smallest absolute Gasteiger partial charge is 0.168 e. The summed E-state index contributed by atoms with van der Waals surface area (Å²) in [5, 5.41) is 3.57. The van der Waals surface area contributed by atoms with E-state index in [4.69, 9.17) is 4.74 Å². The summed E-state index contributed by atoms with van der Waals surface area (Å²) in [7, 11) is 0. The fourth-order valence-corrected chi connectivity index (χ4v) is 2.72. The molecule has 1 heterocycles. The molecule has 2 rings (SSSR count). The first-order valence-electron chi connectivity index (χ1n) is 7.44. The average Bonchev–Trinajstić information content (AvgIpc) is 2.36. The highest BCUT2D eigenvalue weighted by molar-refractivity contribution is 5.50. The van der Waals surface area contributed by atoms with Crippen molar-refractivity contribution in [3.8, 4) is 5.75 Å². The fraction of sp³-hybridized carbons (Fsp3) is 0.688. The fourth-order valence-electron chi connectivity index (χ4n) is 2.72. The molecule has 106 valence electrons. The lowest BCUT2D eigenvalue weighted by atomic mass is 9.79. The molecule has 0 aromatic carbocycles. The number of hydrogen-bond acceptors (Lipinski definition) is 3. The predicted octanol–water partition coefficient (Wildman–Crippen LogP) is 4.11. The summed E-state index contributed by atoms with van der Waals surface area (Å²) in [6.45, 7) is 8.79. The summed E-state index contributed by atoms with van der Waals surface area (Å²) in [4.78, 5) is 4.43. The Kier molecular flexibility index (Phi) is 4.67. The molecule has 3 unspecified atom stereocenters. The number of anilines is 1. The van der Waals surface area contributed by atoms with E-state index in [1.807, 2.05) is 32.2 Å². The molecular weight excluding hydrogens is 236 g/mol. The molecule has 0 saturated heterocycles. The molecule has 1 aliphatic rings. The summed E-state index contributed by atoms with van der Waals surface area (Å²) in [5.74, 6) is 3.38. The molecule has 1 aliphatic carbocycles. The SMILES string of the molecule is CC(C)Oc1cccnc1NC1CCC(C)C(C)C1. The van der Waals surface area contributed by atoms with Gasteiger partial charge in [0, 0.05) is 12.2 Å². The molecule has 19 heavy (non-hydrogen) atoms. The van der Waals surface area contributed by atoms with Crippen LogP contribution in [0, 0.1) is 11.8 Å². The Bertz CT molecular complexity index is 405. The van der Waals surface area contributed by atoms with Gasteiger partial charge in [-0.25, -0.2) is 4.98 Å². The molecule has 3 atom stereocenters. The molecule has 0 aliphatic heterocycles. The number of ether oxygens (including phenoxy) is 1. The van der Waals surface area contributed by atoms with Gasteiger partial charge in [-0.15, -0.1) is 0 Å². The molecule has 1 N–H and O–H groups in total. The zero-order chi connectivity index (χ0) is 13.8. The van der Waals surface area contributed by atoms with E-state index in [-0.39, 0.29) is 6.10 Å². The molecule has 1 aromatic heterocycles. The molecule has 3 nitrogen and oxygen atoms in total. The Morgan fingerprint density at radius 1 is 1.26 bits per heavy atom. The number of pyridine rings is 1. The molecule has 0 amide bonds. The maximum absolute atomic E-state index is 5.81. The van der Waals surface area contributed by atoms with Crippen LogP contribution in [0.1, 0.15) is 47.0 Å². The third-order valence-corrected chi connectivity index (χ3v) is 4.07. The minimum absolute atomic E-state index is 0.176. The number of rotatable bonds is 4. The van der Waals surface area contributed by atoms with Crippen molar-refractivity contribution in [2.45, 2.75) is 59.1 Å². The van der Waals surface area contributed by atoms with Gasteiger partial charge in [0.1, 0.15) is 0 Å². The number of hydrogen-bond donors (Lipinski definition) is 1. The summed E-state index contributed by atoms with van der Waals surface area (Å²) in [5.41, 5.74) is 0. The first kappa shape index (κ1) is 14.2. The maximum atomic E-state index is 5.81. The highest BCUT2D eigenvalue weighted by Gasteiger charge is 2.25. The van der Waals surface area contributed by atoms with Gasteiger partial charge >= 0.3 is 0 Å².